The third-order valence-electron chi connectivity index (χ3n) is 3.74. The fraction of sp³-hybridized carbons (Fsp3) is 0.562. The van der Waals surface area contributed by atoms with Gasteiger partial charge in [0, 0.05) is 12.6 Å². The van der Waals surface area contributed by atoms with Crippen LogP contribution in [0.15, 0.2) is 24.3 Å². The summed E-state index contributed by atoms with van der Waals surface area (Å²) >= 11 is 4.99. The number of hydrogen-bond acceptors (Lipinski definition) is 4. The number of thiocarbonyl (C=S) groups is 1. The molecule has 118 valence electrons. The molecule has 0 fully saturated rings. The number of hydrogen-bond donors (Lipinski definition) is 2. The van der Waals surface area contributed by atoms with Crippen molar-refractivity contribution in [2.45, 2.75) is 32.9 Å². The molecule has 1 aromatic rings. The summed E-state index contributed by atoms with van der Waals surface area (Å²) in [6.07, 6.45) is -0.560. The maximum atomic E-state index is 10.1. The minimum Gasteiger partial charge on any atom is -0.490 e. The van der Waals surface area contributed by atoms with Gasteiger partial charge in [0.2, 0.25) is 0 Å². The fourth-order valence-corrected chi connectivity index (χ4v) is 2.21. The van der Waals surface area contributed by atoms with Crippen molar-refractivity contribution in [1.82, 2.24) is 4.90 Å². The van der Waals surface area contributed by atoms with Gasteiger partial charge in [-0.3, -0.25) is 0 Å². The van der Waals surface area contributed by atoms with Gasteiger partial charge in [-0.1, -0.05) is 38.2 Å². The molecule has 3 N–H and O–H groups in total. The first-order valence-corrected chi connectivity index (χ1v) is 7.63. The van der Waals surface area contributed by atoms with Gasteiger partial charge >= 0.3 is 0 Å². The molecule has 0 saturated heterocycles. The summed E-state index contributed by atoms with van der Waals surface area (Å²) in [6.45, 7) is 7.27. The van der Waals surface area contributed by atoms with Gasteiger partial charge < -0.3 is 20.5 Å². The van der Waals surface area contributed by atoms with Crippen molar-refractivity contribution in [3.8, 4) is 5.75 Å². The third kappa shape index (κ3) is 5.61. The Morgan fingerprint density at radius 1 is 1.33 bits per heavy atom. The average Bonchev–Trinajstić information content (AvgIpc) is 2.44. The molecule has 0 amide bonds. The molecule has 0 spiro atoms. The van der Waals surface area contributed by atoms with Gasteiger partial charge in [-0.25, -0.2) is 0 Å². The average molecular weight is 310 g/mol. The van der Waals surface area contributed by atoms with Crippen molar-refractivity contribution in [1.29, 1.82) is 0 Å². The highest BCUT2D eigenvalue weighted by Crippen LogP contribution is 2.18. The zero-order valence-corrected chi connectivity index (χ0v) is 14.1. The SMILES string of the molecule is CC(C)C(C)N(C)CC(O)COc1ccccc1C(N)=S. The Morgan fingerprint density at radius 2 is 1.95 bits per heavy atom. The van der Waals surface area contributed by atoms with Crippen molar-refractivity contribution in [2.24, 2.45) is 11.7 Å². The molecular formula is C16H26N2O2S. The molecule has 5 heteroatoms. The smallest absolute Gasteiger partial charge is 0.129 e. The maximum Gasteiger partial charge on any atom is 0.129 e. The number of nitrogens with zero attached hydrogens (tertiary/aromatic N) is 1. The van der Waals surface area contributed by atoms with E-state index in [0.717, 1.165) is 0 Å². The first kappa shape index (κ1) is 17.9. The lowest BCUT2D eigenvalue weighted by Gasteiger charge is -2.29. The number of benzene rings is 1. The number of ether oxygens (including phenoxy) is 1. The van der Waals surface area contributed by atoms with Gasteiger partial charge in [-0.2, -0.15) is 0 Å². The number of para-hydroxylation sites is 1. The van der Waals surface area contributed by atoms with E-state index >= 15 is 0 Å². The van der Waals surface area contributed by atoms with Gasteiger partial charge in [-0.05, 0) is 32.0 Å². The Hall–Kier alpha value is -1.17. The summed E-state index contributed by atoms with van der Waals surface area (Å²) in [5, 5.41) is 10.1. The maximum absolute atomic E-state index is 10.1. The van der Waals surface area contributed by atoms with Crippen molar-refractivity contribution in [3.05, 3.63) is 29.8 Å². The van der Waals surface area contributed by atoms with E-state index in [0.29, 0.717) is 34.8 Å². The van der Waals surface area contributed by atoms with Gasteiger partial charge in [0.25, 0.3) is 0 Å². The number of nitrogens with two attached hydrogens (primary N) is 1. The number of aliphatic hydroxyl groups excluding tert-OH is 1. The summed E-state index contributed by atoms with van der Waals surface area (Å²) in [6, 6.07) is 7.74. The molecule has 0 bridgehead atoms. The molecule has 4 nitrogen and oxygen atoms in total. The highest BCUT2D eigenvalue weighted by molar-refractivity contribution is 7.80. The van der Waals surface area contributed by atoms with Crippen LogP contribution in [0.1, 0.15) is 26.3 Å². The zero-order valence-electron chi connectivity index (χ0n) is 13.2. The Labute approximate surface area is 132 Å². The molecule has 0 saturated carbocycles. The molecule has 21 heavy (non-hydrogen) atoms. The molecule has 0 aromatic heterocycles. The predicted molar refractivity (Wildman–Crippen MR) is 90.8 cm³/mol. The monoisotopic (exact) mass is 310 g/mol. The van der Waals surface area contributed by atoms with Crippen LogP contribution in [0, 0.1) is 5.92 Å². The van der Waals surface area contributed by atoms with E-state index < -0.39 is 6.10 Å². The zero-order chi connectivity index (χ0) is 16.0. The van der Waals surface area contributed by atoms with Gasteiger partial charge in [-0.15, -0.1) is 0 Å². The van der Waals surface area contributed by atoms with Crippen LogP contribution in [0.2, 0.25) is 0 Å². The van der Waals surface area contributed by atoms with E-state index in [1.54, 1.807) is 0 Å². The van der Waals surface area contributed by atoms with E-state index in [9.17, 15) is 5.11 Å². The second kappa shape index (κ2) is 8.32. The summed E-state index contributed by atoms with van der Waals surface area (Å²) in [4.78, 5) is 2.43. The lowest BCUT2D eigenvalue weighted by molar-refractivity contribution is 0.0583. The van der Waals surface area contributed by atoms with Crippen LogP contribution in [0.3, 0.4) is 0 Å². The second-order valence-corrected chi connectivity index (χ2v) is 6.19. The molecule has 2 atom stereocenters. The lowest BCUT2D eigenvalue weighted by Crippen LogP contribution is -2.40. The topological polar surface area (TPSA) is 58.7 Å². The fourth-order valence-electron chi connectivity index (χ4n) is 2.04. The highest BCUT2D eigenvalue weighted by atomic mass is 32.1. The Kier molecular flexibility index (Phi) is 7.08. The Bertz CT molecular complexity index is 465. The van der Waals surface area contributed by atoms with Gasteiger partial charge in [0.05, 0.1) is 5.56 Å². The van der Waals surface area contributed by atoms with Crippen LogP contribution in [-0.4, -0.2) is 47.3 Å². The molecule has 0 aliphatic heterocycles. The molecular weight excluding hydrogens is 284 g/mol. The van der Waals surface area contributed by atoms with Gasteiger partial charge in [0.15, 0.2) is 0 Å². The van der Waals surface area contributed by atoms with Crippen LogP contribution >= 0.6 is 12.2 Å². The highest BCUT2D eigenvalue weighted by Gasteiger charge is 2.17. The summed E-state index contributed by atoms with van der Waals surface area (Å²) in [7, 11) is 2.01. The van der Waals surface area contributed by atoms with Crippen LogP contribution in [0.5, 0.6) is 5.75 Å². The number of likely N-dealkylation sites (N-methyl/N-ethyl adjacent to an activating group) is 1. The normalized spacial score (nSPS) is 14.2. The van der Waals surface area contributed by atoms with E-state index in [1.165, 1.54) is 0 Å². The van der Waals surface area contributed by atoms with E-state index in [4.69, 9.17) is 22.7 Å². The minimum absolute atomic E-state index is 0.217. The van der Waals surface area contributed by atoms with Crippen LogP contribution in [0.25, 0.3) is 0 Å². The molecule has 1 aromatic carbocycles. The van der Waals surface area contributed by atoms with Crippen molar-refractivity contribution >= 4 is 17.2 Å². The van der Waals surface area contributed by atoms with Crippen LogP contribution in [0.4, 0.5) is 0 Å². The minimum atomic E-state index is -0.560. The van der Waals surface area contributed by atoms with Crippen LogP contribution in [-0.2, 0) is 0 Å². The first-order valence-electron chi connectivity index (χ1n) is 7.22. The van der Waals surface area contributed by atoms with Crippen molar-refractivity contribution < 1.29 is 9.84 Å². The standard InChI is InChI=1S/C16H26N2O2S/c1-11(2)12(3)18(4)9-13(19)10-20-15-8-6-5-7-14(15)16(17)21/h5-8,11-13,19H,9-10H2,1-4H3,(H2,17,21). The quantitative estimate of drug-likeness (QED) is 0.720. The van der Waals surface area contributed by atoms with Gasteiger partial charge in [0.1, 0.15) is 23.4 Å². The molecule has 0 aliphatic carbocycles. The van der Waals surface area contributed by atoms with E-state index in [1.807, 2.05) is 31.3 Å². The molecule has 0 aliphatic rings. The summed E-state index contributed by atoms with van der Waals surface area (Å²) in [5.74, 6) is 1.15. The number of aliphatic hydroxyl groups is 1. The summed E-state index contributed by atoms with van der Waals surface area (Å²) in [5.41, 5.74) is 6.35. The summed E-state index contributed by atoms with van der Waals surface area (Å²) < 4.78 is 5.66. The molecule has 1 rings (SSSR count). The van der Waals surface area contributed by atoms with Crippen molar-refractivity contribution in [3.63, 3.8) is 0 Å². The molecule has 2 unspecified atom stereocenters. The first-order chi connectivity index (χ1) is 9.82. The second-order valence-electron chi connectivity index (χ2n) is 5.75. The molecule has 0 radical (unpaired) electrons. The van der Waals surface area contributed by atoms with Crippen LogP contribution < -0.4 is 10.5 Å². The Balaban J connectivity index is 2.54. The van der Waals surface area contributed by atoms with E-state index in [-0.39, 0.29) is 6.61 Å². The largest absolute Gasteiger partial charge is 0.490 e. The molecule has 0 heterocycles. The lowest BCUT2D eigenvalue weighted by atomic mass is 10.1. The van der Waals surface area contributed by atoms with Crippen molar-refractivity contribution in [2.75, 3.05) is 20.2 Å². The Morgan fingerprint density at radius 3 is 2.52 bits per heavy atom. The van der Waals surface area contributed by atoms with E-state index in [2.05, 4.69) is 25.7 Å². The third-order valence-corrected chi connectivity index (χ3v) is 3.96. The predicted octanol–water partition coefficient (Wildman–Crippen LogP) is 2.04. The number of rotatable bonds is 8.